The molecule has 2 aromatic carbocycles. The molecule has 4 heteroatoms. The molecule has 1 amide bonds. The molecule has 0 bridgehead atoms. The molecule has 0 aliphatic carbocycles. The average molecular weight is 404 g/mol. The van der Waals surface area contributed by atoms with E-state index < -0.39 is 0 Å². The molecule has 1 aliphatic rings. The van der Waals surface area contributed by atoms with E-state index in [0.29, 0.717) is 19.0 Å². The quantitative estimate of drug-likeness (QED) is 0.544. The fraction of sp³-hybridized carbons (Fsp3) is 0.423. The third-order valence-electron chi connectivity index (χ3n) is 6.36. The SMILES string of the molecule is CC1CCCCN1Cc1ccc(CNC(=O)CCCc2c[nH]c3ccccc23)cc1. The summed E-state index contributed by atoms with van der Waals surface area (Å²) in [5.74, 6) is 0.126. The van der Waals surface area contributed by atoms with Crippen LogP contribution in [-0.4, -0.2) is 28.4 Å². The van der Waals surface area contributed by atoms with E-state index in [1.54, 1.807) is 0 Å². The predicted octanol–water partition coefficient (Wildman–Crippen LogP) is 5.18. The molecule has 158 valence electrons. The van der Waals surface area contributed by atoms with Gasteiger partial charge in [-0.25, -0.2) is 0 Å². The lowest BCUT2D eigenvalue weighted by atomic mass is 10.0. The second kappa shape index (κ2) is 9.94. The molecule has 0 spiro atoms. The maximum Gasteiger partial charge on any atom is 0.220 e. The number of benzene rings is 2. The first-order valence-electron chi connectivity index (χ1n) is 11.3. The summed E-state index contributed by atoms with van der Waals surface area (Å²) in [6, 6.07) is 17.7. The molecule has 1 aliphatic heterocycles. The van der Waals surface area contributed by atoms with Crippen molar-refractivity contribution in [3.8, 4) is 0 Å². The molecule has 4 rings (SSSR count). The number of likely N-dealkylation sites (tertiary alicyclic amines) is 1. The maximum atomic E-state index is 12.2. The van der Waals surface area contributed by atoms with Gasteiger partial charge in [0.1, 0.15) is 0 Å². The van der Waals surface area contributed by atoms with E-state index >= 15 is 0 Å². The molecule has 30 heavy (non-hydrogen) atoms. The number of amides is 1. The van der Waals surface area contributed by atoms with E-state index in [4.69, 9.17) is 0 Å². The second-order valence-electron chi connectivity index (χ2n) is 8.62. The van der Waals surface area contributed by atoms with Crippen molar-refractivity contribution in [2.24, 2.45) is 0 Å². The van der Waals surface area contributed by atoms with Crippen LogP contribution in [0.2, 0.25) is 0 Å². The van der Waals surface area contributed by atoms with Crippen LogP contribution in [0.4, 0.5) is 0 Å². The number of piperidine rings is 1. The van der Waals surface area contributed by atoms with Crippen molar-refractivity contribution < 1.29 is 4.79 Å². The molecule has 3 aromatic rings. The molecule has 1 saturated heterocycles. The number of hydrogen-bond acceptors (Lipinski definition) is 2. The number of H-pyrrole nitrogens is 1. The zero-order valence-electron chi connectivity index (χ0n) is 18.0. The summed E-state index contributed by atoms with van der Waals surface area (Å²) in [7, 11) is 0. The van der Waals surface area contributed by atoms with Gasteiger partial charge in [-0.2, -0.15) is 0 Å². The highest BCUT2D eigenvalue weighted by atomic mass is 16.1. The number of aromatic nitrogens is 1. The minimum atomic E-state index is 0.126. The minimum Gasteiger partial charge on any atom is -0.361 e. The van der Waals surface area contributed by atoms with Crippen molar-refractivity contribution in [1.82, 2.24) is 15.2 Å². The molecule has 1 unspecified atom stereocenters. The zero-order chi connectivity index (χ0) is 20.8. The number of para-hydroxylation sites is 1. The Morgan fingerprint density at radius 2 is 1.90 bits per heavy atom. The topological polar surface area (TPSA) is 48.1 Å². The number of rotatable bonds is 8. The summed E-state index contributed by atoms with van der Waals surface area (Å²) >= 11 is 0. The van der Waals surface area contributed by atoms with Crippen LogP contribution >= 0.6 is 0 Å². The van der Waals surface area contributed by atoms with Crippen LogP contribution < -0.4 is 5.32 Å². The van der Waals surface area contributed by atoms with Gasteiger partial charge in [0.2, 0.25) is 5.91 Å². The Morgan fingerprint density at radius 1 is 1.10 bits per heavy atom. The Balaban J connectivity index is 1.19. The van der Waals surface area contributed by atoms with Crippen LogP contribution in [-0.2, 0) is 24.3 Å². The molecular weight excluding hydrogens is 370 g/mol. The Bertz CT molecular complexity index is 960. The zero-order valence-corrected chi connectivity index (χ0v) is 18.0. The predicted molar refractivity (Wildman–Crippen MR) is 123 cm³/mol. The number of fused-ring (bicyclic) bond motifs is 1. The van der Waals surface area contributed by atoms with Crippen molar-refractivity contribution in [3.05, 3.63) is 71.4 Å². The van der Waals surface area contributed by atoms with Crippen molar-refractivity contribution in [3.63, 3.8) is 0 Å². The highest BCUT2D eigenvalue weighted by Crippen LogP contribution is 2.20. The molecule has 1 fully saturated rings. The van der Waals surface area contributed by atoms with Gasteiger partial charge >= 0.3 is 0 Å². The van der Waals surface area contributed by atoms with Gasteiger partial charge in [-0.1, -0.05) is 48.9 Å². The summed E-state index contributed by atoms with van der Waals surface area (Å²) < 4.78 is 0. The molecule has 1 atom stereocenters. The normalized spacial score (nSPS) is 17.3. The van der Waals surface area contributed by atoms with E-state index in [-0.39, 0.29) is 5.91 Å². The van der Waals surface area contributed by atoms with Crippen LogP contribution in [0.25, 0.3) is 10.9 Å². The van der Waals surface area contributed by atoms with Gasteiger partial charge < -0.3 is 10.3 Å². The number of hydrogen-bond donors (Lipinski definition) is 2. The van der Waals surface area contributed by atoms with Crippen LogP contribution in [0.15, 0.2) is 54.7 Å². The lowest BCUT2D eigenvalue weighted by Gasteiger charge is -2.33. The van der Waals surface area contributed by atoms with Crippen LogP contribution in [0.5, 0.6) is 0 Å². The second-order valence-corrected chi connectivity index (χ2v) is 8.62. The first kappa shape index (κ1) is 20.7. The highest BCUT2D eigenvalue weighted by Gasteiger charge is 2.17. The third kappa shape index (κ3) is 5.31. The van der Waals surface area contributed by atoms with Gasteiger partial charge in [0.05, 0.1) is 0 Å². The van der Waals surface area contributed by atoms with Gasteiger partial charge in [0.15, 0.2) is 0 Å². The maximum absolute atomic E-state index is 12.2. The van der Waals surface area contributed by atoms with Crippen LogP contribution in [0.1, 0.15) is 55.7 Å². The molecule has 0 radical (unpaired) electrons. The summed E-state index contributed by atoms with van der Waals surface area (Å²) in [4.78, 5) is 18.1. The average Bonchev–Trinajstić information content (AvgIpc) is 3.18. The van der Waals surface area contributed by atoms with Crippen molar-refractivity contribution >= 4 is 16.8 Å². The molecule has 4 nitrogen and oxygen atoms in total. The standard InChI is InChI=1S/C26H33N3O/c1-20-7-4-5-16-29(20)19-22-14-12-21(13-15-22)17-28-26(30)11-6-8-23-18-27-25-10-3-2-9-24(23)25/h2-3,9-10,12-15,18,20,27H,4-8,11,16-17,19H2,1H3,(H,28,30). The lowest BCUT2D eigenvalue weighted by Crippen LogP contribution is -2.36. The largest absolute Gasteiger partial charge is 0.361 e. The summed E-state index contributed by atoms with van der Waals surface area (Å²) in [5.41, 5.74) is 4.97. The molecular formula is C26H33N3O. The van der Waals surface area contributed by atoms with Gasteiger partial charge in [-0.3, -0.25) is 9.69 Å². The highest BCUT2D eigenvalue weighted by molar-refractivity contribution is 5.83. The van der Waals surface area contributed by atoms with E-state index in [0.717, 1.165) is 30.5 Å². The van der Waals surface area contributed by atoms with Crippen molar-refractivity contribution in [1.29, 1.82) is 0 Å². The van der Waals surface area contributed by atoms with Crippen molar-refractivity contribution in [2.45, 2.75) is 64.6 Å². The smallest absolute Gasteiger partial charge is 0.220 e. The molecule has 2 N–H and O–H groups in total. The minimum absolute atomic E-state index is 0.126. The van der Waals surface area contributed by atoms with Gasteiger partial charge in [-0.05, 0) is 61.9 Å². The number of carbonyl (C=O) groups excluding carboxylic acids is 1. The first-order valence-corrected chi connectivity index (χ1v) is 11.3. The molecule has 1 aromatic heterocycles. The first-order chi connectivity index (χ1) is 14.7. The molecule has 2 heterocycles. The van der Waals surface area contributed by atoms with E-state index in [1.165, 1.54) is 42.3 Å². The van der Waals surface area contributed by atoms with Gasteiger partial charge in [0, 0.05) is 42.7 Å². The van der Waals surface area contributed by atoms with Crippen LogP contribution in [0, 0.1) is 0 Å². The number of nitrogens with zero attached hydrogens (tertiary/aromatic N) is 1. The van der Waals surface area contributed by atoms with Crippen molar-refractivity contribution in [2.75, 3.05) is 6.54 Å². The number of nitrogens with one attached hydrogen (secondary N) is 2. The summed E-state index contributed by atoms with van der Waals surface area (Å²) in [5, 5.41) is 4.33. The third-order valence-corrected chi connectivity index (χ3v) is 6.36. The summed E-state index contributed by atoms with van der Waals surface area (Å²) in [6.45, 7) is 5.17. The van der Waals surface area contributed by atoms with E-state index in [2.05, 4.69) is 70.8 Å². The van der Waals surface area contributed by atoms with E-state index in [1.807, 2.05) is 6.07 Å². The van der Waals surface area contributed by atoms with Gasteiger partial charge in [-0.15, -0.1) is 0 Å². The Morgan fingerprint density at radius 3 is 2.73 bits per heavy atom. The monoisotopic (exact) mass is 403 g/mol. The van der Waals surface area contributed by atoms with Crippen LogP contribution in [0.3, 0.4) is 0 Å². The Kier molecular flexibility index (Phi) is 6.85. The molecule has 0 saturated carbocycles. The number of aromatic amines is 1. The lowest BCUT2D eigenvalue weighted by molar-refractivity contribution is -0.121. The summed E-state index contributed by atoms with van der Waals surface area (Å²) in [6.07, 6.45) is 8.39. The van der Waals surface area contributed by atoms with E-state index in [9.17, 15) is 4.79 Å². The number of aryl methyl sites for hydroxylation is 1. The fourth-order valence-corrected chi connectivity index (χ4v) is 4.46. The fourth-order valence-electron chi connectivity index (χ4n) is 4.46. The van der Waals surface area contributed by atoms with Gasteiger partial charge in [0.25, 0.3) is 0 Å². The Hall–Kier alpha value is -2.59. The Labute approximate surface area is 179 Å². The number of carbonyl (C=O) groups is 1.